The van der Waals surface area contributed by atoms with Gasteiger partial charge >= 0.3 is 0 Å². The average Bonchev–Trinajstić information content (AvgIpc) is 2.49. The number of amides is 1. The van der Waals surface area contributed by atoms with Crippen LogP contribution in [0.25, 0.3) is 0 Å². The highest BCUT2D eigenvalue weighted by molar-refractivity contribution is 5.80. The molecule has 0 fully saturated rings. The molecule has 1 amide bonds. The van der Waals surface area contributed by atoms with E-state index in [1.54, 1.807) is 6.20 Å². The number of aryl methyl sites for hydroxylation is 2. The number of carbonyl (C=O) groups is 1. The van der Waals surface area contributed by atoms with Crippen LogP contribution < -0.4 is 10.6 Å². The van der Waals surface area contributed by atoms with E-state index in [1.807, 2.05) is 32.0 Å². The van der Waals surface area contributed by atoms with Crippen molar-refractivity contribution in [3.8, 4) is 0 Å². The zero-order valence-corrected chi connectivity index (χ0v) is 12.4. The van der Waals surface area contributed by atoms with Crippen LogP contribution in [0.15, 0.2) is 36.5 Å². The zero-order valence-electron chi connectivity index (χ0n) is 12.4. The summed E-state index contributed by atoms with van der Waals surface area (Å²) in [5.41, 5.74) is 2.83. The third-order valence-corrected chi connectivity index (χ3v) is 3.07. The third-order valence-electron chi connectivity index (χ3n) is 3.07. The van der Waals surface area contributed by atoms with Gasteiger partial charge in [0, 0.05) is 12.7 Å². The lowest BCUT2D eigenvalue weighted by atomic mass is 10.1. The van der Waals surface area contributed by atoms with Crippen LogP contribution in [0, 0.1) is 13.8 Å². The second-order valence-corrected chi connectivity index (χ2v) is 4.88. The largest absolute Gasteiger partial charge is 0.359 e. The van der Waals surface area contributed by atoms with Gasteiger partial charge in [-0.1, -0.05) is 30.3 Å². The highest BCUT2D eigenvalue weighted by Crippen LogP contribution is 2.07. The van der Waals surface area contributed by atoms with Gasteiger partial charge in [0.2, 0.25) is 5.91 Å². The Morgan fingerprint density at radius 2 is 1.95 bits per heavy atom. The van der Waals surface area contributed by atoms with Crippen LogP contribution >= 0.6 is 0 Å². The van der Waals surface area contributed by atoms with Gasteiger partial charge in [0.25, 0.3) is 0 Å². The van der Waals surface area contributed by atoms with Crippen molar-refractivity contribution in [2.45, 2.75) is 20.3 Å². The molecule has 0 atom stereocenters. The number of nitrogens with zero attached hydrogens (tertiary/aromatic N) is 2. The van der Waals surface area contributed by atoms with E-state index >= 15 is 0 Å². The normalized spacial score (nSPS) is 10.2. The molecule has 21 heavy (non-hydrogen) atoms. The zero-order chi connectivity index (χ0) is 15.1. The van der Waals surface area contributed by atoms with Crippen LogP contribution in [0.3, 0.4) is 0 Å². The summed E-state index contributed by atoms with van der Waals surface area (Å²) in [6.07, 6.45) is 2.54. The first-order valence-electron chi connectivity index (χ1n) is 7.00. The van der Waals surface area contributed by atoms with Gasteiger partial charge in [-0.05, 0) is 25.8 Å². The molecule has 0 radical (unpaired) electrons. The fourth-order valence-corrected chi connectivity index (χ4v) is 1.92. The Bertz CT molecular complexity index is 598. The van der Waals surface area contributed by atoms with Gasteiger partial charge in [0.15, 0.2) is 0 Å². The minimum atomic E-state index is -0.0476. The maximum atomic E-state index is 11.8. The van der Waals surface area contributed by atoms with E-state index < -0.39 is 0 Å². The maximum absolute atomic E-state index is 11.8. The Hall–Kier alpha value is -2.43. The predicted molar refractivity (Wildman–Crippen MR) is 83.2 cm³/mol. The van der Waals surface area contributed by atoms with Crippen molar-refractivity contribution in [3.63, 3.8) is 0 Å². The van der Waals surface area contributed by atoms with Crippen LogP contribution in [0.2, 0.25) is 0 Å². The van der Waals surface area contributed by atoms with E-state index in [2.05, 4.69) is 32.7 Å². The molecule has 1 heterocycles. The van der Waals surface area contributed by atoms with Crippen molar-refractivity contribution in [2.75, 3.05) is 18.4 Å². The van der Waals surface area contributed by atoms with Crippen LogP contribution in [0.5, 0.6) is 0 Å². The first-order valence-corrected chi connectivity index (χ1v) is 7.00. The first kappa shape index (κ1) is 15.0. The van der Waals surface area contributed by atoms with E-state index in [0.29, 0.717) is 12.4 Å². The number of anilines is 1. The second kappa shape index (κ2) is 7.38. The molecule has 0 saturated heterocycles. The molecule has 0 spiro atoms. The molecule has 0 aliphatic carbocycles. The van der Waals surface area contributed by atoms with Crippen molar-refractivity contribution in [1.82, 2.24) is 15.3 Å². The van der Waals surface area contributed by atoms with Crippen LogP contribution in [-0.2, 0) is 11.2 Å². The topological polar surface area (TPSA) is 66.9 Å². The molecule has 2 N–H and O–H groups in total. The second-order valence-electron chi connectivity index (χ2n) is 4.88. The summed E-state index contributed by atoms with van der Waals surface area (Å²) in [5.74, 6) is 0.613. The molecule has 2 aromatic rings. The molecule has 1 aromatic carbocycles. The maximum Gasteiger partial charge on any atom is 0.239 e. The Kier molecular flexibility index (Phi) is 5.26. The summed E-state index contributed by atoms with van der Waals surface area (Å²) in [6.45, 7) is 4.57. The lowest BCUT2D eigenvalue weighted by Crippen LogP contribution is -2.31. The molecular formula is C16H20N4O. The average molecular weight is 284 g/mol. The molecule has 0 aliphatic rings. The Balaban J connectivity index is 1.74. The fourth-order valence-electron chi connectivity index (χ4n) is 1.92. The Labute approximate surface area is 124 Å². The van der Waals surface area contributed by atoms with Gasteiger partial charge in [-0.25, -0.2) is 4.98 Å². The molecule has 1 aromatic heterocycles. The fraction of sp³-hybridized carbons (Fsp3) is 0.312. The summed E-state index contributed by atoms with van der Waals surface area (Å²) >= 11 is 0. The smallest absolute Gasteiger partial charge is 0.239 e. The lowest BCUT2D eigenvalue weighted by molar-refractivity contribution is -0.119. The quantitative estimate of drug-likeness (QED) is 0.849. The summed E-state index contributed by atoms with van der Waals surface area (Å²) in [4.78, 5) is 20.3. The number of carbonyl (C=O) groups excluding carboxylic acids is 1. The Morgan fingerprint density at radius 3 is 2.71 bits per heavy atom. The number of aromatic nitrogens is 2. The molecule has 0 unspecified atom stereocenters. The highest BCUT2D eigenvalue weighted by atomic mass is 16.1. The van der Waals surface area contributed by atoms with Crippen molar-refractivity contribution >= 4 is 11.7 Å². The molecular weight excluding hydrogens is 264 g/mol. The predicted octanol–water partition coefficient (Wildman–Crippen LogP) is 1.86. The van der Waals surface area contributed by atoms with Gasteiger partial charge < -0.3 is 10.6 Å². The molecule has 0 bridgehead atoms. The molecule has 5 nitrogen and oxygen atoms in total. The van der Waals surface area contributed by atoms with Crippen LogP contribution in [0.4, 0.5) is 5.82 Å². The SMILES string of the molecule is Cc1cnc(C)c(NCC(=O)NCCc2ccccc2)n1. The molecule has 0 aliphatic heterocycles. The number of nitrogens with one attached hydrogen (secondary N) is 2. The van der Waals surface area contributed by atoms with E-state index in [4.69, 9.17) is 0 Å². The van der Waals surface area contributed by atoms with Crippen LogP contribution in [-0.4, -0.2) is 29.0 Å². The van der Waals surface area contributed by atoms with E-state index in [1.165, 1.54) is 5.56 Å². The number of rotatable bonds is 6. The number of hydrogen-bond acceptors (Lipinski definition) is 4. The lowest BCUT2D eigenvalue weighted by Gasteiger charge is -2.09. The van der Waals surface area contributed by atoms with E-state index in [9.17, 15) is 4.79 Å². The van der Waals surface area contributed by atoms with Crippen molar-refractivity contribution < 1.29 is 4.79 Å². The van der Waals surface area contributed by atoms with E-state index in [-0.39, 0.29) is 12.5 Å². The highest BCUT2D eigenvalue weighted by Gasteiger charge is 2.05. The summed E-state index contributed by atoms with van der Waals surface area (Å²) in [5, 5.41) is 5.90. The third kappa shape index (κ3) is 4.87. The van der Waals surface area contributed by atoms with Gasteiger partial charge in [-0.2, -0.15) is 0 Å². The van der Waals surface area contributed by atoms with E-state index in [0.717, 1.165) is 17.8 Å². The molecule has 110 valence electrons. The van der Waals surface area contributed by atoms with Gasteiger partial charge in [0.05, 0.1) is 17.9 Å². The van der Waals surface area contributed by atoms with Crippen molar-refractivity contribution in [3.05, 3.63) is 53.5 Å². The van der Waals surface area contributed by atoms with Gasteiger partial charge in [-0.15, -0.1) is 0 Å². The van der Waals surface area contributed by atoms with Crippen LogP contribution in [0.1, 0.15) is 17.0 Å². The minimum Gasteiger partial charge on any atom is -0.359 e. The summed E-state index contributed by atoms with van der Waals surface area (Å²) in [6, 6.07) is 10.1. The first-order chi connectivity index (χ1) is 10.1. The van der Waals surface area contributed by atoms with Gasteiger partial charge in [-0.3, -0.25) is 9.78 Å². The molecule has 0 saturated carbocycles. The Morgan fingerprint density at radius 1 is 1.19 bits per heavy atom. The molecule has 2 rings (SSSR count). The summed E-state index contributed by atoms with van der Waals surface area (Å²) in [7, 11) is 0. The standard InChI is InChI=1S/C16H20N4O/c1-12-10-18-13(2)16(20-12)19-11-15(21)17-9-8-14-6-4-3-5-7-14/h3-7,10H,8-9,11H2,1-2H3,(H,17,21)(H,19,20). The van der Waals surface area contributed by atoms with Crippen molar-refractivity contribution in [1.29, 1.82) is 0 Å². The molecule has 5 heteroatoms. The summed E-state index contributed by atoms with van der Waals surface area (Å²) < 4.78 is 0. The van der Waals surface area contributed by atoms with Crippen molar-refractivity contribution in [2.24, 2.45) is 0 Å². The minimum absolute atomic E-state index is 0.0476. The monoisotopic (exact) mass is 284 g/mol. The van der Waals surface area contributed by atoms with Gasteiger partial charge in [0.1, 0.15) is 5.82 Å². The number of hydrogen-bond donors (Lipinski definition) is 2. The number of benzene rings is 1.